The molecule has 0 spiro atoms. The molecule has 0 amide bonds. The van der Waals surface area contributed by atoms with E-state index in [9.17, 15) is 9.90 Å². The molecule has 0 unspecified atom stereocenters. The number of esters is 1. The van der Waals surface area contributed by atoms with Gasteiger partial charge in [0.25, 0.3) is 0 Å². The summed E-state index contributed by atoms with van der Waals surface area (Å²) in [4.78, 5) is 11.5. The molecule has 0 saturated carbocycles. The predicted octanol–water partition coefficient (Wildman–Crippen LogP) is 2.34. The predicted molar refractivity (Wildman–Crippen MR) is 61.4 cm³/mol. The topological polar surface area (TPSA) is 70.3 Å². The van der Waals surface area contributed by atoms with Crippen LogP contribution in [0, 0.1) is 11.3 Å². The van der Waals surface area contributed by atoms with Gasteiger partial charge in [0.1, 0.15) is 11.8 Å². The molecule has 0 bridgehead atoms. The number of hydrogen-bond donors (Lipinski definition) is 1. The number of hydrogen-bond acceptors (Lipinski definition) is 4. The number of carbonyl (C=O) groups excluding carboxylic acids is 1. The molecule has 84 valence electrons. The number of alkyl halides is 1. The van der Waals surface area contributed by atoms with Gasteiger partial charge in [-0.2, -0.15) is 5.26 Å². The van der Waals surface area contributed by atoms with Gasteiger partial charge in [-0.1, -0.05) is 15.9 Å². The number of rotatable bonds is 3. The monoisotopic (exact) mass is 283 g/mol. The van der Waals surface area contributed by atoms with Crippen molar-refractivity contribution < 1.29 is 14.6 Å². The Hall–Kier alpha value is -1.54. The summed E-state index contributed by atoms with van der Waals surface area (Å²) in [6.07, 6.45) is 0. The van der Waals surface area contributed by atoms with Crippen LogP contribution in [0.25, 0.3) is 0 Å². The summed E-state index contributed by atoms with van der Waals surface area (Å²) in [7, 11) is 0. The Bertz CT molecular complexity index is 451. The number of nitriles is 1. The van der Waals surface area contributed by atoms with Crippen LogP contribution >= 0.6 is 15.9 Å². The summed E-state index contributed by atoms with van der Waals surface area (Å²) in [5.41, 5.74) is 0.722. The molecular formula is C11H10BrNO3. The van der Waals surface area contributed by atoms with E-state index in [0.717, 1.165) is 0 Å². The lowest BCUT2D eigenvalue weighted by Crippen LogP contribution is -2.08. The van der Waals surface area contributed by atoms with E-state index in [4.69, 9.17) is 10.00 Å². The highest BCUT2D eigenvalue weighted by molar-refractivity contribution is 9.08. The van der Waals surface area contributed by atoms with Crippen molar-refractivity contribution in [1.82, 2.24) is 0 Å². The molecule has 16 heavy (non-hydrogen) atoms. The summed E-state index contributed by atoms with van der Waals surface area (Å²) < 4.78 is 4.82. The van der Waals surface area contributed by atoms with Crippen LogP contribution in [0.4, 0.5) is 0 Å². The minimum Gasteiger partial charge on any atom is -0.508 e. The molecule has 5 heteroatoms. The average molecular weight is 284 g/mol. The van der Waals surface area contributed by atoms with E-state index in [0.29, 0.717) is 10.9 Å². The van der Waals surface area contributed by atoms with Crippen molar-refractivity contribution in [2.75, 3.05) is 6.61 Å². The van der Waals surface area contributed by atoms with Crippen LogP contribution in [-0.2, 0) is 10.1 Å². The van der Waals surface area contributed by atoms with E-state index >= 15 is 0 Å². The zero-order chi connectivity index (χ0) is 12.1. The van der Waals surface area contributed by atoms with Crippen LogP contribution in [0.15, 0.2) is 12.1 Å². The maximum Gasteiger partial charge on any atom is 0.339 e. The number of carbonyl (C=O) groups is 1. The normalized spacial score (nSPS) is 9.56. The molecule has 1 aromatic carbocycles. The van der Waals surface area contributed by atoms with E-state index < -0.39 is 5.97 Å². The van der Waals surface area contributed by atoms with Crippen LogP contribution in [0.2, 0.25) is 0 Å². The quantitative estimate of drug-likeness (QED) is 0.683. The minimum atomic E-state index is -0.554. The highest BCUT2D eigenvalue weighted by Crippen LogP contribution is 2.26. The molecule has 0 fully saturated rings. The molecule has 4 nitrogen and oxygen atoms in total. The van der Waals surface area contributed by atoms with E-state index in [2.05, 4.69) is 15.9 Å². The molecule has 0 saturated heterocycles. The third-order valence-corrected chi connectivity index (χ3v) is 2.59. The Balaban J connectivity index is 3.31. The first kappa shape index (κ1) is 12.5. The van der Waals surface area contributed by atoms with Gasteiger partial charge in [-0.25, -0.2) is 4.79 Å². The molecule has 0 aliphatic heterocycles. The maximum atomic E-state index is 11.5. The van der Waals surface area contributed by atoms with Gasteiger partial charge in [-0.05, 0) is 19.1 Å². The zero-order valence-electron chi connectivity index (χ0n) is 8.66. The second-order valence-electron chi connectivity index (χ2n) is 2.95. The number of phenolic OH excluding ortho intramolecular Hbond substituents is 1. The Labute approximate surface area is 102 Å². The zero-order valence-corrected chi connectivity index (χ0v) is 10.2. The van der Waals surface area contributed by atoms with E-state index in [1.54, 1.807) is 6.92 Å². The van der Waals surface area contributed by atoms with E-state index in [1.165, 1.54) is 12.1 Å². The van der Waals surface area contributed by atoms with Crippen molar-refractivity contribution in [3.05, 3.63) is 28.8 Å². The van der Waals surface area contributed by atoms with Crippen LogP contribution < -0.4 is 0 Å². The molecule has 0 aliphatic carbocycles. The van der Waals surface area contributed by atoms with Gasteiger partial charge in [-0.3, -0.25) is 0 Å². The second kappa shape index (κ2) is 5.52. The van der Waals surface area contributed by atoms with Gasteiger partial charge < -0.3 is 9.84 Å². The fraction of sp³-hybridized carbons (Fsp3) is 0.273. The van der Waals surface area contributed by atoms with Gasteiger partial charge in [-0.15, -0.1) is 0 Å². The first-order valence-corrected chi connectivity index (χ1v) is 5.75. The summed E-state index contributed by atoms with van der Waals surface area (Å²) in [6, 6.07) is 4.67. The molecule has 1 rings (SSSR count). The molecule has 1 aromatic rings. The molecule has 0 aromatic heterocycles. The van der Waals surface area contributed by atoms with Crippen molar-refractivity contribution in [2.24, 2.45) is 0 Å². The molecular weight excluding hydrogens is 274 g/mol. The van der Waals surface area contributed by atoms with Crippen LogP contribution in [-0.4, -0.2) is 17.7 Å². The summed E-state index contributed by atoms with van der Waals surface area (Å²) in [6.45, 7) is 1.93. The Kier molecular flexibility index (Phi) is 4.32. The lowest BCUT2D eigenvalue weighted by atomic mass is 10.0. The minimum absolute atomic E-state index is 0.0125. The highest BCUT2D eigenvalue weighted by Gasteiger charge is 2.17. The second-order valence-corrected chi connectivity index (χ2v) is 3.51. The van der Waals surface area contributed by atoms with Crippen molar-refractivity contribution in [2.45, 2.75) is 12.3 Å². The molecule has 1 N–H and O–H groups in total. The Morgan fingerprint density at radius 2 is 2.31 bits per heavy atom. The SMILES string of the molecule is CCOC(=O)c1ccc(O)c(CBr)c1C#N. The van der Waals surface area contributed by atoms with Crippen molar-refractivity contribution in [1.29, 1.82) is 5.26 Å². The number of phenols is 1. The maximum absolute atomic E-state index is 11.5. The summed E-state index contributed by atoms with van der Waals surface area (Å²) in [5, 5.41) is 18.8. The molecule has 0 atom stereocenters. The van der Waals surface area contributed by atoms with E-state index in [1.807, 2.05) is 6.07 Å². The third kappa shape index (κ3) is 2.34. The van der Waals surface area contributed by atoms with Gasteiger partial charge >= 0.3 is 5.97 Å². The molecule has 0 radical (unpaired) electrons. The highest BCUT2D eigenvalue weighted by atomic mass is 79.9. The van der Waals surface area contributed by atoms with Gasteiger partial charge in [0.2, 0.25) is 0 Å². The fourth-order valence-corrected chi connectivity index (χ4v) is 1.85. The van der Waals surface area contributed by atoms with Gasteiger partial charge in [0.15, 0.2) is 0 Å². The van der Waals surface area contributed by atoms with Crippen molar-refractivity contribution in [3.8, 4) is 11.8 Å². The number of nitrogens with zero attached hydrogens (tertiary/aromatic N) is 1. The third-order valence-electron chi connectivity index (χ3n) is 2.03. The molecule has 0 aliphatic rings. The van der Waals surface area contributed by atoms with Gasteiger partial charge in [0.05, 0.1) is 17.7 Å². The smallest absolute Gasteiger partial charge is 0.339 e. The van der Waals surface area contributed by atoms with Crippen molar-refractivity contribution >= 4 is 21.9 Å². The van der Waals surface area contributed by atoms with E-state index in [-0.39, 0.29) is 23.5 Å². The first-order valence-electron chi connectivity index (χ1n) is 4.63. The number of aromatic hydroxyl groups is 1. The lowest BCUT2D eigenvalue weighted by Gasteiger charge is -2.08. The Morgan fingerprint density at radius 3 is 2.81 bits per heavy atom. The number of halogens is 1. The first-order chi connectivity index (χ1) is 7.65. The Morgan fingerprint density at radius 1 is 1.62 bits per heavy atom. The summed E-state index contributed by atoms with van der Waals surface area (Å²) >= 11 is 3.16. The van der Waals surface area contributed by atoms with Crippen LogP contribution in [0.5, 0.6) is 5.75 Å². The standard InChI is InChI=1S/C11H10BrNO3/c1-2-16-11(15)7-3-4-10(14)8(5-12)9(7)6-13/h3-4,14H,2,5H2,1H3. The molecule has 0 heterocycles. The van der Waals surface area contributed by atoms with Crippen molar-refractivity contribution in [3.63, 3.8) is 0 Å². The summed E-state index contributed by atoms with van der Waals surface area (Å²) in [5.74, 6) is -0.567. The van der Waals surface area contributed by atoms with Crippen LogP contribution in [0.3, 0.4) is 0 Å². The van der Waals surface area contributed by atoms with Crippen LogP contribution in [0.1, 0.15) is 28.4 Å². The fourth-order valence-electron chi connectivity index (χ4n) is 1.28. The lowest BCUT2D eigenvalue weighted by molar-refractivity contribution is 0.0526. The number of ether oxygens (including phenoxy) is 1. The van der Waals surface area contributed by atoms with Gasteiger partial charge in [0, 0.05) is 10.9 Å². The number of benzene rings is 1. The largest absolute Gasteiger partial charge is 0.508 e. The average Bonchev–Trinajstić information content (AvgIpc) is 2.28.